The van der Waals surface area contributed by atoms with Crippen molar-refractivity contribution in [2.75, 3.05) is 0 Å². The number of aryl methyl sites for hydroxylation is 3. The van der Waals surface area contributed by atoms with Gasteiger partial charge >= 0.3 is 0 Å². The molecule has 2 aromatic carbocycles. The second kappa shape index (κ2) is 7.76. The van der Waals surface area contributed by atoms with Crippen LogP contribution in [0.15, 0.2) is 30.3 Å². The molecule has 146 valence electrons. The summed E-state index contributed by atoms with van der Waals surface area (Å²) in [5.74, 6) is 0.850. The molecule has 1 atom stereocenters. The molecular formula is C24H33O2P. The zero-order valence-corrected chi connectivity index (χ0v) is 19.2. The zero-order chi connectivity index (χ0) is 20.6. The molecule has 3 heteroatoms. The van der Waals surface area contributed by atoms with E-state index >= 15 is 0 Å². The number of hydrogen-bond donors (Lipinski definition) is 0. The number of hydrogen-bond acceptors (Lipinski definition) is 2. The topological polar surface area (TPSA) is 26.3 Å². The molecule has 2 aromatic rings. The quantitative estimate of drug-likeness (QED) is 0.584. The molecule has 2 rings (SSSR count). The molecule has 0 spiro atoms. The van der Waals surface area contributed by atoms with E-state index in [1.54, 1.807) is 0 Å². The van der Waals surface area contributed by atoms with Crippen LogP contribution in [0.2, 0.25) is 0 Å². The highest BCUT2D eigenvalue weighted by Crippen LogP contribution is 2.31. The summed E-state index contributed by atoms with van der Waals surface area (Å²) in [6.45, 7) is 18.9. The molecule has 0 saturated carbocycles. The lowest BCUT2D eigenvalue weighted by Crippen LogP contribution is -2.23. The molecular weight excluding hydrogens is 351 g/mol. The third-order valence-electron chi connectivity index (χ3n) is 4.50. The zero-order valence-electron chi connectivity index (χ0n) is 18.2. The number of ether oxygens (including phenoxy) is 1. The Bertz CT molecular complexity index is 829. The second-order valence-corrected chi connectivity index (χ2v) is 10.6. The molecule has 0 aliphatic rings. The van der Waals surface area contributed by atoms with E-state index in [4.69, 9.17) is 4.74 Å². The molecule has 0 saturated heterocycles. The summed E-state index contributed by atoms with van der Waals surface area (Å²) >= 11 is 0. The minimum atomic E-state index is -0.227. The second-order valence-electron chi connectivity index (χ2n) is 9.38. The van der Waals surface area contributed by atoms with Gasteiger partial charge in [-0.05, 0) is 95.2 Å². The van der Waals surface area contributed by atoms with Gasteiger partial charge in [0.2, 0.25) is 0 Å². The van der Waals surface area contributed by atoms with Crippen LogP contribution in [0.4, 0.5) is 0 Å². The largest absolute Gasteiger partial charge is 0.488 e. The molecule has 0 fully saturated rings. The summed E-state index contributed by atoms with van der Waals surface area (Å²) in [6.07, 6.45) is 0. The number of rotatable bonds is 4. The molecule has 27 heavy (non-hydrogen) atoms. The van der Waals surface area contributed by atoms with Crippen LogP contribution >= 0.6 is 8.58 Å². The smallest absolute Gasteiger partial charge is 0.186 e. The third kappa shape index (κ3) is 5.66. The van der Waals surface area contributed by atoms with Crippen LogP contribution in [-0.4, -0.2) is 11.1 Å². The average molecular weight is 385 g/mol. The monoisotopic (exact) mass is 384 g/mol. The van der Waals surface area contributed by atoms with Gasteiger partial charge in [-0.25, -0.2) is 0 Å². The lowest BCUT2D eigenvalue weighted by Gasteiger charge is -2.22. The van der Waals surface area contributed by atoms with E-state index in [0.29, 0.717) is 0 Å². The predicted molar refractivity (Wildman–Crippen MR) is 118 cm³/mol. The van der Waals surface area contributed by atoms with Crippen molar-refractivity contribution in [1.29, 1.82) is 0 Å². The standard InChI is InChI=1S/C24H33O2P/c1-15-14-19(26-24(7,8)9)10-11-20(15)27-22(25)21-16(2)12-18(13-17(21)3)23(4,5)6/h10-14,27H,1-9H3. The van der Waals surface area contributed by atoms with E-state index in [1.165, 1.54) is 5.56 Å². The molecule has 1 unspecified atom stereocenters. The SMILES string of the molecule is Cc1cc(OC(C)(C)C)ccc1PC(=O)c1c(C)cc(C(C)(C)C)cc1C. The van der Waals surface area contributed by atoms with Gasteiger partial charge in [0, 0.05) is 5.56 Å². The summed E-state index contributed by atoms with van der Waals surface area (Å²) < 4.78 is 5.93. The van der Waals surface area contributed by atoms with Gasteiger partial charge in [0.1, 0.15) is 11.4 Å². The van der Waals surface area contributed by atoms with Gasteiger partial charge in [-0.2, -0.15) is 0 Å². The van der Waals surface area contributed by atoms with Crippen LogP contribution in [0.25, 0.3) is 0 Å². The van der Waals surface area contributed by atoms with Crippen molar-refractivity contribution in [2.24, 2.45) is 0 Å². The van der Waals surface area contributed by atoms with Crippen molar-refractivity contribution in [1.82, 2.24) is 0 Å². The molecule has 0 aliphatic carbocycles. The number of benzene rings is 2. The van der Waals surface area contributed by atoms with E-state index < -0.39 is 0 Å². The van der Waals surface area contributed by atoms with Crippen molar-refractivity contribution in [3.8, 4) is 5.75 Å². The van der Waals surface area contributed by atoms with Crippen LogP contribution in [0, 0.1) is 20.8 Å². The molecule has 0 radical (unpaired) electrons. The summed E-state index contributed by atoms with van der Waals surface area (Å²) in [6, 6.07) is 10.4. The van der Waals surface area contributed by atoms with Crippen molar-refractivity contribution in [3.05, 3.63) is 58.1 Å². The van der Waals surface area contributed by atoms with E-state index in [9.17, 15) is 4.79 Å². The van der Waals surface area contributed by atoms with E-state index in [2.05, 4.69) is 32.9 Å². The Morgan fingerprint density at radius 1 is 0.852 bits per heavy atom. The Kier molecular flexibility index (Phi) is 6.22. The Morgan fingerprint density at radius 2 is 1.41 bits per heavy atom. The molecule has 0 N–H and O–H groups in total. The van der Waals surface area contributed by atoms with Crippen LogP contribution in [0.5, 0.6) is 5.75 Å². The van der Waals surface area contributed by atoms with Gasteiger partial charge in [-0.3, -0.25) is 4.79 Å². The van der Waals surface area contributed by atoms with Gasteiger partial charge in [0.15, 0.2) is 5.52 Å². The first kappa shape index (κ1) is 21.6. The maximum atomic E-state index is 13.1. The third-order valence-corrected chi connectivity index (χ3v) is 5.80. The number of carbonyl (C=O) groups is 1. The van der Waals surface area contributed by atoms with Crippen LogP contribution in [0.3, 0.4) is 0 Å². The molecule has 0 heterocycles. The molecule has 0 bridgehead atoms. The van der Waals surface area contributed by atoms with Gasteiger partial charge in [-0.1, -0.05) is 39.0 Å². The van der Waals surface area contributed by atoms with Gasteiger partial charge < -0.3 is 4.74 Å². The van der Waals surface area contributed by atoms with Crippen LogP contribution in [-0.2, 0) is 5.41 Å². The first-order valence-corrected chi connectivity index (χ1v) is 10.5. The molecule has 2 nitrogen and oxygen atoms in total. The van der Waals surface area contributed by atoms with Crippen molar-refractivity contribution in [3.63, 3.8) is 0 Å². The Labute approximate surface area is 166 Å². The van der Waals surface area contributed by atoms with Crippen molar-refractivity contribution >= 4 is 19.4 Å². The fourth-order valence-corrected chi connectivity index (χ4v) is 4.33. The average Bonchev–Trinajstić information content (AvgIpc) is 2.46. The van der Waals surface area contributed by atoms with Crippen LogP contribution in [0.1, 0.15) is 74.2 Å². The van der Waals surface area contributed by atoms with E-state index in [1.807, 2.05) is 59.7 Å². The first-order valence-electron chi connectivity index (χ1n) is 9.51. The molecule has 0 amide bonds. The fourth-order valence-electron chi connectivity index (χ4n) is 3.13. The van der Waals surface area contributed by atoms with Crippen molar-refractivity contribution in [2.45, 2.75) is 73.3 Å². The number of carbonyl (C=O) groups excluding carboxylic acids is 1. The first-order chi connectivity index (χ1) is 12.3. The molecule has 0 aliphatic heterocycles. The van der Waals surface area contributed by atoms with E-state index in [-0.39, 0.29) is 25.1 Å². The van der Waals surface area contributed by atoms with Gasteiger partial charge in [0.25, 0.3) is 0 Å². The fraction of sp³-hybridized carbons (Fsp3) is 0.458. The Hall–Kier alpha value is -1.66. The van der Waals surface area contributed by atoms with Crippen molar-refractivity contribution < 1.29 is 9.53 Å². The normalized spacial score (nSPS) is 12.6. The van der Waals surface area contributed by atoms with E-state index in [0.717, 1.165) is 33.3 Å². The predicted octanol–water partition coefficient (Wildman–Crippen LogP) is 6.23. The Balaban J connectivity index is 2.28. The molecule has 0 aromatic heterocycles. The maximum absolute atomic E-state index is 13.1. The summed E-state index contributed by atoms with van der Waals surface area (Å²) in [4.78, 5) is 13.1. The summed E-state index contributed by atoms with van der Waals surface area (Å²) in [5, 5.41) is 1.08. The maximum Gasteiger partial charge on any atom is 0.186 e. The van der Waals surface area contributed by atoms with Gasteiger partial charge in [0.05, 0.1) is 0 Å². The Morgan fingerprint density at radius 3 is 1.85 bits per heavy atom. The summed E-state index contributed by atoms with van der Waals surface area (Å²) in [7, 11) is 0.121. The summed E-state index contributed by atoms with van der Waals surface area (Å²) in [5.41, 5.74) is 5.45. The van der Waals surface area contributed by atoms with Crippen LogP contribution < -0.4 is 10.0 Å². The lowest BCUT2D eigenvalue weighted by atomic mass is 9.84. The highest BCUT2D eigenvalue weighted by Gasteiger charge is 2.20. The minimum absolute atomic E-state index is 0.0822. The highest BCUT2D eigenvalue weighted by molar-refractivity contribution is 7.66. The van der Waals surface area contributed by atoms with Gasteiger partial charge in [-0.15, -0.1) is 0 Å². The lowest BCUT2D eigenvalue weighted by molar-refractivity contribution is 0.108. The minimum Gasteiger partial charge on any atom is -0.488 e. The highest BCUT2D eigenvalue weighted by atomic mass is 31.1.